The monoisotopic (exact) mass is 1020 g/mol. The predicted octanol–water partition coefficient (Wildman–Crippen LogP) is 0.807. The standard InChI is InChI=1S/C66H56B10N2S/c67-56-54(57(68)61(72)64(75)60(56)71)47-35-42(79(39-20-7-2-8-21-39,40-22-9-3-10-23-40)41-24-11-4-12-25-41)36-48(55-58(69)62(73)65(76)63(74)59(55)70)66(47)78-50-30-16-14-27-45(50)53-43(28-17-31-52(53)78)37-32-33-51-46(34-37)44-26-13-15-29-49(44)77(51)38-18-5-1-6-19-38/h1-36H,67-76H2. The normalized spacial score (nSPS) is 12.0. The van der Waals surface area contributed by atoms with Gasteiger partial charge in [0.1, 0.15) is 78.5 Å². The smallest absolute Gasteiger partial charge is 0.139 e. The second kappa shape index (κ2) is 19.7. The van der Waals surface area contributed by atoms with Crippen molar-refractivity contribution in [2.45, 2.75) is 19.6 Å². The lowest BCUT2D eigenvalue weighted by Crippen LogP contribution is -2.55. The molecule has 2 heterocycles. The van der Waals surface area contributed by atoms with E-state index in [1.807, 2.05) is 0 Å². The lowest BCUT2D eigenvalue weighted by molar-refractivity contribution is 1.17. The van der Waals surface area contributed by atoms with E-state index in [9.17, 15) is 0 Å². The Balaban J connectivity index is 1.23. The molecule has 0 fully saturated rings. The SMILES string of the molecule is Bc1c(B)c(B)c(-c2cc(S(c3ccccc3)(c3ccccc3)c3ccccc3)cc(-c3c(B)c(B)c(B)c(B)c3B)c2-n2c3ccccc3c3c(-c4ccc5c(c4)c4ccccc4n5-c4ccccc4)cccc32)c(B)c1B. The van der Waals surface area contributed by atoms with Crippen LogP contribution in [0.25, 0.3) is 88.4 Å². The third-order valence-electron chi connectivity index (χ3n) is 18.2. The zero-order valence-electron chi connectivity index (χ0n) is 47.1. The molecule has 13 rings (SSSR count). The second-order valence-corrected chi connectivity index (χ2v) is 25.0. The van der Waals surface area contributed by atoms with Crippen molar-refractivity contribution < 1.29 is 0 Å². The molecular weight excluding hydrogens is 961 g/mol. The Hall–Kier alpha value is -7.98. The Kier molecular flexibility index (Phi) is 12.6. The van der Waals surface area contributed by atoms with Crippen LogP contribution in [-0.4, -0.2) is 87.6 Å². The van der Waals surface area contributed by atoms with Crippen LogP contribution in [0.5, 0.6) is 0 Å². The van der Waals surface area contributed by atoms with E-state index in [2.05, 4.69) is 306 Å². The van der Waals surface area contributed by atoms with Gasteiger partial charge in [0.2, 0.25) is 0 Å². The van der Waals surface area contributed by atoms with E-state index < -0.39 is 10.0 Å². The molecule has 0 saturated carbocycles. The summed E-state index contributed by atoms with van der Waals surface area (Å²) in [4.78, 5) is 5.21. The van der Waals surface area contributed by atoms with Gasteiger partial charge in [-0.05, 0) is 113 Å². The van der Waals surface area contributed by atoms with Gasteiger partial charge in [0.15, 0.2) is 0 Å². The van der Waals surface area contributed by atoms with Crippen molar-refractivity contribution >= 4 is 187 Å². The minimum atomic E-state index is -2.15. The minimum absolute atomic E-state index is 1.16. The van der Waals surface area contributed by atoms with Gasteiger partial charge in [-0.3, -0.25) is 0 Å². The molecule has 0 radical (unpaired) electrons. The molecule has 2 aromatic heterocycles. The fourth-order valence-corrected chi connectivity index (χ4v) is 17.3. The quantitative estimate of drug-likeness (QED) is 0.190. The third-order valence-corrected chi connectivity index (χ3v) is 22.1. The van der Waals surface area contributed by atoms with Crippen molar-refractivity contribution in [1.29, 1.82) is 0 Å². The van der Waals surface area contributed by atoms with Gasteiger partial charge in [0, 0.05) is 57.9 Å². The molecule has 13 aromatic rings. The maximum absolute atomic E-state index is 2.67. The minimum Gasteiger partial charge on any atom is -0.309 e. The number of rotatable bonds is 9. The van der Waals surface area contributed by atoms with E-state index >= 15 is 0 Å². The first-order valence-electron chi connectivity index (χ1n) is 27.8. The fraction of sp³-hybridized carbons (Fsp3) is 0. The Morgan fingerprint density at radius 1 is 0.266 bits per heavy atom. The predicted molar refractivity (Wildman–Crippen MR) is 373 cm³/mol. The highest BCUT2D eigenvalue weighted by molar-refractivity contribution is 8.34. The van der Waals surface area contributed by atoms with E-state index in [4.69, 9.17) is 0 Å². The van der Waals surface area contributed by atoms with E-state index in [-0.39, 0.29) is 0 Å². The molecule has 0 saturated heterocycles. The highest BCUT2D eigenvalue weighted by atomic mass is 32.3. The molecule has 11 aromatic carbocycles. The zero-order chi connectivity index (χ0) is 54.4. The van der Waals surface area contributed by atoms with Gasteiger partial charge < -0.3 is 9.13 Å². The number of fused-ring (bicyclic) bond motifs is 6. The van der Waals surface area contributed by atoms with Crippen molar-refractivity contribution in [3.8, 4) is 44.8 Å². The molecule has 13 heteroatoms. The van der Waals surface area contributed by atoms with E-state index in [0.717, 1.165) is 5.69 Å². The van der Waals surface area contributed by atoms with Crippen LogP contribution in [0.15, 0.2) is 238 Å². The Morgan fingerprint density at radius 2 is 0.658 bits per heavy atom. The van der Waals surface area contributed by atoms with E-state index in [0.29, 0.717) is 0 Å². The van der Waals surface area contributed by atoms with Crippen LogP contribution in [0.4, 0.5) is 0 Å². The highest BCUT2D eigenvalue weighted by Crippen LogP contribution is 2.74. The van der Waals surface area contributed by atoms with Gasteiger partial charge in [-0.25, -0.2) is 0 Å². The van der Waals surface area contributed by atoms with Gasteiger partial charge in [0.25, 0.3) is 0 Å². The van der Waals surface area contributed by atoms with Crippen LogP contribution in [-0.2, 0) is 0 Å². The summed E-state index contributed by atoms with van der Waals surface area (Å²) in [5.41, 5.74) is 28.0. The first kappa shape index (κ1) is 50.5. The van der Waals surface area contributed by atoms with Crippen LogP contribution in [0.3, 0.4) is 0 Å². The Morgan fingerprint density at radius 3 is 1.15 bits per heavy atom. The molecule has 0 bridgehead atoms. The summed E-state index contributed by atoms with van der Waals surface area (Å²) < 4.78 is 5.08. The molecule has 0 aliphatic rings. The molecular formula is C66H56B10N2S. The maximum Gasteiger partial charge on any atom is 0.139 e. The summed E-state index contributed by atoms with van der Waals surface area (Å²) in [7, 11) is 21.3. The molecule has 0 aliphatic carbocycles. The second-order valence-electron chi connectivity index (χ2n) is 21.9. The van der Waals surface area contributed by atoms with E-state index in [1.54, 1.807) is 0 Å². The summed E-state index contributed by atoms with van der Waals surface area (Å²) in [5.74, 6) is 0. The summed E-state index contributed by atoms with van der Waals surface area (Å²) >= 11 is 0. The summed E-state index contributed by atoms with van der Waals surface area (Å²) in [6.45, 7) is 0. The van der Waals surface area contributed by atoms with Crippen LogP contribution in [0.1, 0.15) is 0 Å². The summed E-state index contributed by atoms with van der Waals surface area (Å²) in [5, 5.41) is 4.97. The van der Waals surface area contributed by atoms with Crippen LogP contribution < -0.4 is 54.6 Å². The molecule has 79 heavy (non-hydrogen) atoms. The molecule has 0 amide bonds. The molecule has 0 spiro atoms. The first-order chi connectivity index (χ1) is 38.4. The van der Waals surface area contributed by atoms with Crippen LogP contribution >= 0.6 is 10.0 Å². The molecule has 0 unspecified atom stereocenters. The summed E-state index contributed by atoms with van der Waals surface area (Å²) in [6, 6.07) is 82.4. The van der Waals surface area contributed by atoms with Crippen LogP contribution in [0, 0.1) is 0 Å². The lowest BCUT2D eigenvalue weighted by Gasteiger charge is -2.43. The number of para-hydroxylation sites is 3. The average Bonchev–Trinajstić information content (AvgIpc) is 4.27. The molecule has 0 N–H and O–H groups in total. The Labute approximate surface area is 475 Å². The molecule has 2 nitrogen and oxygen atoms in total. The van der Waals surface area contributed by atoms with Gasteiger partial charge in [-0.2, -0.15) is 0 Å². The van der Waals surface area contributed by atoms with Crippen molar-refractivity contribution in [2.75, 3.05) is 0 Å². The number of hydrogen-bond donors (Lipinski definition) is 0. The average molecular weight is 1020 g/mol. The summed E-state index contributed by atoms with van der Waals surface area (Å²) in [6.07, 6.45) is 0. The van der Waals surface area contributed by atoms with Crippen LogP contribution in [0.2, 0.25) is 0 Å². The van der Waals surface area contributed by atoms with Crippen molar-refractivity contribution in [3.63, 3.8) is 0 Å². The van der Waals surface area contributed by atoms with Gasteiger partial charge >= 0.3 is 0 Å². The third kappa shape index (κ3) is 7.71. The first-order valence-corrected chi connectivity index (χ1v) is 29.5. The fourth-order valence-electron chi connectivity index (χ4n) is 13.4. The molecule has 0 atom stereocenters. The van der Waals surface area contributed by atoms with Crippen molar-refractivity contribution in [3.05, 3.63) is 218 Å². The van der Waals surface area contributed by atoms with Gasteiger partial charge in [-0.1, -0.05) is 149 Å². The topological polar surface area (TPSA) is 9.86 Å². The van der Waals surface area contributed by atoms with Gasteiger partial charge in [0.05, 0.1) is 27.8 Å². The van der Waals surface area contributed by atoms with Crippen molar-refractivity contribution in [2.24, 2.45) is 0 Å². The molecule has 0 aliphatic heterocycles. The molecule has 366 valence electrons. The van der Waals surface area contributed by atoms with Crippen molar-refractivity contribution in [1.82, 2.24) is 9.13 Å². The van der Waals surface area contributed by atoms with E-state index in [1.165, 1.54) is 157 Å². The largest absolute Gasteiger partial charge is 0.309 e. The number of nitrogens with zero attached hydrogens (tertiary/aromatic N) is 2. The number of aromatic nitrogens is 2. The Bertz CT molecular complexity index is 4360. The van der Waals surface area contributed by atoms with Gasteiger partial charge in [-0.15, -0.1) is 42.8 Å². The zero-order valence-corrected chi connectivity index (χ0v) is 47.9. The maximum atomic E-state index is 2.67. The lowest BCUT2D eigenvalue weighted by atomic mass is 9.58. The number of hydrogen-bond acceptors (Lipinski definition) is 0. The number of benzene rings is 11. The highest BCUT2D eigenvalue weighted by Gasteiger charge is 2.36.